The van der Waals surface area contributed by atoms with Crippen molar-refractivity contribution in [2.24, 2.45) is 0 Å². The van der Waals surface area contributed by atoms with E-state index in [1.807, 2.05) is 25.1 Å². The molecule has 0 saturated heterocycles. The number of aryl methyl sites for hydroxylation is 1. The van der Waals surface area contributed by atoms with E-state index in [4.69, 9.17) is 4.74 Å². The van der Waals surface area contributed by atoms with Gasteiger partial charge in [0.1, 0.15) is 17.3 Å². The van der Waals surface area contributed by atoms with Gasteiger partial charge in [0, 0.05) is 6.42 Å². The molecule has 3 aromatic rings. The third-order valence-electron chi connectivity index (χ3n) is 3.66. The molecule has 0 bridgehead atoms. The third-order valence-corrected chi connectivity index (χ3v) is 3.66. The van der Waals surface area contributed by atoms with Crippen molar-refractivity contribution in [3.8, 4) is 5.75 Å². The lowest BCUT2D eigenvalue weighted by molar-refractivity contribution is 0.416. The molecule has 0 atom stereocenters. The number of H-pyrrole nitrogens is 1. The Kier molecular flexibility index (Phi) is 4.74. The highest BCUT2D eigenvalue weighted by Gasteiger charge is 2.09. The van der Waals surface area contributed by atoms with E-state index in [2.05, 4.69) is 20.5 Å². The van der Waals surface area contributed by atoms with Crippen molar-refractivity contribution in [1.29, 1.82) is 0 Å². The fourth-order valence-electron chi connectivity index (χ4n) is 2.38. The summed E-state index contributed by atoms with van der Waals surface area (Å²) in [6, 6.07) is 11.5. The SMILES string of the molecule is COc1ccc(C)cc1Nc1nnc(Cc2ccc(F)cc2)c(=O)[nH]1. The summed E-state index contributed by atoms with van der Waals surface area (Å²) in [5, 5.41) is 11.0. The summed E-state index contributed by atoms with van der Waals surface area (Å²) in [7, 11) is 1.57. The molecule has 0 saturated carbocycles. The Morgan fingerprint density at radius 1 is 1.16 bits per heavy atom. The molecule has 25 heavy (non-hydrogen) atoms. The largest absolute Gasteiger partial charge is 0.495 e. The summed E-state index contributed by atoms with van der Waals surface area (Å²) >= 11 is 0. The molecule has 0 unspecified atom stereocenters. The maximum atomic E-state index is 12.9. The Bertz CT molecular complexity index is 939. The first-order chi connectivity index (χ1) is 12.0. The van der Waals surface area contributed by atoms with Crippen molar-refractivity contribution in [3.05, 3.63) is 75.5 Å². The van der Waals surface area contributed by atoms with Crippen molar-refractivity contribution in [2.45, 2.75) is 13.3 Å². The maximum absolute atomic E-state index is 12.9. The highest BCUT2D eigenvalue weighted by Crippen LogP contribution is 2.26. The van der Waals surface area contributed by atoms with Crippen molar-refractivity contribution in [1.82, 2.24) is 15.2 Å². The van der Waals surface area contributed by atoms with Gasteiger partial charge in [0.05, 0.1) is 12.8 Å². The molecule has 1 aromatic heterocycles. The van der Waals surface area contributed by atoms with Crippen LogP contribution in [0.1, 0.15) is 16.8 Å². The van der Waals surface area contributed by atoms with Gasteiger partial charge in [0.2, 0.25) is 5.95 Å². The van der Waals surface area contributed by atoms with Gasteiger partial charge in [-0.3, -0.25) is 9.78 Å². The van der Waals surface area contributed by atoms with Crippen LogP contribution in [0.4, 0.5) is 16.0 Å². The van der Waals surface area contributed by atoms with E-state index < -0.39 is 0 Å². The number of hydrogen-bond acceptors (Lipinski definition) is 5. The van der Waals surface area contributed by atoms with Crippen LogP contribution in [-0.4, -0.2) is 22.3 Å². The molecule has 1 heterocycles. The molecule has 3 rings (SSSR count). The predicted molar refractivity (Wildman–Crippen MR) is 92.9 cm³/mol. The number of nitrogens with zero attached hydrogens (tertiary/aromatic N) is 2. The monoisotopic (exact) mass is 340 g/mol. The van der Waals surface area contributed by atoms with Gasteiger partial charge >= 0.3 is 0 Å². The topological polar surface area (TPSA) is 79.9 Å². The first-order valence-electron chi connectivity index (χ1n) is 7.67. The van der Waals surface area contributed by atoms with Crippen molar-refractivity contribution < 1.29 is 9.13 Å². The fraction of sp³-hybridized carbons (Fsp3) is 0.167. The van der Waals surface area contributed by atoms with Gasteiger partial charge in [0.15, 0.2) is 0 Å². The smallest absolute Gasteiger partial charge is 0.274 e. The minimum atomic E-state index is -0.353. The molecule has 6 nitrogen and oxygen atoms in total. The predicted octanol–water partition coefficient (Wildman–Crippen LogP) is 2.96. The summed E-state index contributed by atoms with van der Waals surface area (Å²) in [6.07, 6.45) is 0.274. The molecular formula is C18H17FN4O2. The summed E-state index contributed by atoms with van der Waals surface area (Å²) in [4.78, 5) is 14.9. The van der Waals surface area contributed by atoms with Crippen LogP contribution in [-0.2, 0) is 6.42 Å². The molecule has 0 spiro atoms. The maximum Gasteiger partial charge on any atom is 0.274 e. The molecular weight excluding hydrogens is 323 g/mol. The second-order valence-electron chi connectivity index (χ2n) is 5.58. The van der Waals surface area contributed by atoms with Crippen molar-refractivity contribution >= 4 is 11.6 Å². The zero-order valence-electron chi connectivity index (χ0n) is 13.8. The van der Waals surface area contributed by atoms with Crippen LogP contribution in [0.25, 0.3) is 0 Å². The van der Waals surface area contributed by atoms with Gasteiger partial charge in [-0.15, -0.1) is 10.2 Å². The van der Waals surface area contributed by atoms with Crippen LogP contribution < -0.4 is 15.6 Å². The van der Waals surface area contributed by atoms with Gasteiger partial charge in [-0.1, -0.05) is 18.2 Å². The first kappa shape index (κ1) is 16.6. The average molecular weight is 340 g/mol. The van der Waals surface area contributed by atoms with Gasteiger partial charge in [-0.25, -0.2) is 4.39 Å². The number of nitrogens with one attached hydrogen (secondary N) is 2. The number of methoxy groups -OCH3 is 1. The minimum absolute atomic E-state index is 0.219. The Labute approximate surface area is 143 Å². The lowest BCUT2D eigenvalue weighted by Gasteiger charge is -2.11. The van der Waals surface area contributed by atoms with Crippen LogP contribution in [0.15, 0.2) is 47.3 Å². The minimum Gasteiger partial charge on any atom is -0.495 e. The molecule has 0 aliphatic heterocycles. The van der Waals surface area contributed by atoms with E-state index in [1.165, 1.54) is 12.1 Å². The normalized spacial score (nSPS) is 10.5. The zero-order chi connectivity index (χ0) is 17.8. The highest BCUT2D eigenvalue weighted by atomic mass is 19.1. The van der Waals surface area contributed by atoms with E-state index in [0.29, 0.717) is 11.4 Å². The number of rotatable bonds is 5. The number of anilines is 2. The molecule has 2 aromatic carbocycles. The third kappa shape index (κ3) is 4.00. The average Bonchev–Trinajstić information content (AvgIpc) is 2.59. The number of benzene rings is 2. The van der Waals surface area contributed by atoms with E-state index >= 15 is 0 Å². The van der Waals surface area contributed by atoms with E-state index in [-0.39, 0.29) is 29.4 Å². The molecule has 0 radical (unpaired) electrons. The van der Waals surface area contributed by atoms with Gasteiger partial charge in [0.25, 0.3) is 5.56 Å². The van der Waals surface area contributed by atoms with Crippen LogP contribution >= 0.6 is 0 Å². The summed E-state index contributed by atoms with van der Waals surface area (Å²) in [6.45, 7) is 1.95. The second kappa shape index (κ2) is 7.12. The summed E-state index contributed by atoms with van der Waals surface area (Å²) in [5.41, 5.74) is 2.40. The first-order valence-corrected chi connectivity index (χ1v) is 7.67. The van der Waals surface area contributed by atoms with E-state index in [1.54, 1.807) is 19.2 Å². The Morgan fingerprint density at radius 2 is 1.92 bits per heavy atom. The molecule has 7 heteroatoms. The Balaban J connectivity index is 1.81. The molecule has 0 amide bonds. The second-order valence-corrected chi connectivity index (χ2v) is 5.58. The zero-order valence-corrected chi connectivity index (χ0v) is 13.8. The molecule has 128 valence electrons. The van der Waals surface area contributed by atoms with Gasteiger partial charge in [-0.05, 0) is 42.3 Å². The number of aromatic nitrogens is 3. The Morgan fingerprint density at radius 3 is 2.60 bits per heavy atom. The number of hydrogen-bond donors (Lipinski definition) is 2. The van der Waals surface area contributed by atoms with Gasteiger partial charge < -0.3 is 10.1 Å². The summed E-state index contributed by atoms with van der Waals surface area (Å²) in [5.74, 6) is 0.524. The fourth-order valence-corrected chi connectivity index (χ4v) is 2.38. The van der Waals surface area contributed by atoms with Crippen LogP contribution in [0.5, 0.6) is 5.75 Å². The Hall–Kier alpha value is -3.22. The van der Waals surface area contributed by atoms with Crippen molar-refractivity contribution in [2.75, 3.05) is 12.4 Å². The van der Waals surface area contributed by atoms with E-state index in [9.17, 15) is 9.18 Å². The lowest BCUT2D eigenvalue weighted by Crippen LogP contribution is -2.19. The highest BCUT2D eigenvalue weighted by molar-refractivity contribution is 5.63. The van der Waals surface area contributed by atoms with Crippen LogP contribution in [0, 0.1) is 12.7 Å². The molecule has 0 aliphatic carbocycles. The summed E-state index contributed by atoms with van der Waals surface area (Å²) < 4.78 is 18.2. The lowest BCUT2D eigenvalue weighted by atomic mass is 10.1. The van der Waals surface area contributed by atoms with Crippen LogP contribution in [0.2, 0.25) is 0 Å². The van der Waals surface area contributed by atoms with E-state index in [0.717, 1.165) is 11.1 Å². The van der Waals surface area contributed by atoms with Crippen molar-refractivity contribution in [3.63, 3.8) is 0 Å². The molecule has 0 fully saturated rings. The molecule has 2 N–H and O–H groups in total. The molecule has 0 aliphatic rings. The number of ether oxygens (including phenoxy) is 1. The number of aromatic amines is 1. The quantitative estimate of drug-likeness (QED) is 0.746. The standard InChI is InChI=1S/C18H17FN4O2/c1-11-3-8-16(25-2)14(9-11)20-18-21-17(24)15(22-23-18)10-12-4-6-13(19)7-5-12/h3-9H,10H2,1-2H3,(H2,20,21,23,24). The number of halogens is 1. The van der Waals surface area contributed by atoms with Crippen LogP contribution in [0.3, 0.4) is 0 Å². The van der Waals surface area contributed by atoms with Gasteiger partial charge in [-0.2, -0.15) is 0 Å².